The Morgan fingerprint density at radius 1 is 1.55 bits per heavy atom. The fraction of sp³-hybridized carbons (Fsp3) is 0.462. The van der Waals surface area contributed by atoms with Crippen LogP contribution in [0.2, 0.25) is 0 Å². The molecule has 0 spiro atoms. The third-order valence-electron chi connectivity index (χ3n) is 3.43. The Kier molecular flexibility index (Phi) is 4.52. The molecule has 1 saturated heterocycles. The lowest BCUT2D eigenvalue weighted by molar-refractivity contribution is -0.384. The van der Waals surface area contributed by atoms with E-state index in [0.29, 0.717) is 18.2 Å². The van der Waals surface area contributed by atoms with Gasteiger partial charge in [-0.3, -0.25) is 14.9 Å². The Morgan fingerprint density at radius 2 is 2.35 bits per heavy atom. The molecule has 1 aromatic carbocycles. The molecule has 1 aromatic rings. The molecule has 20 heavy (non-hydrogen) atoms. The zero-order chi connectivity index (χ0) is 14.5. The number of carbonyl (C=O) groups is 1. The van der Waals surface area contributed by atoms with Crippen molar-refractivity contribution in [1.82, 2.24) is 10.6 Å². The fourth-order valence-corrected chi connectivity index (χ4v) is 2.26. The van der Waals surface area contributed by atoms with Gasteiger partial charge in [-0.25, -0.2) is 0 Å². The van der Waals surface area contributed by atoms with Gasteiger partial charge >= 0.3 is 0 Å². The van der Waals surface area contributed by atoms with Crippen LogP contribution in [0.1, 0.15) is 16.8 Å². The van der Waals surface area contributed by atoms with E-state index >= 15 is 0 Å². The van der Waals surface area contributed by atoms with Crippen molar-refractivity contribution in [3.05, 3.63) is 33.9 Å². The van der Waals surface area contributed by atoms with Gasteiger partial charge in [0.05, 0.1) is 4.92 Å². The van der Waals surface area contributed by atoms with Crippen LogP contribution in [0.5, 0.6) is 0 Å². The van der Waals surface area contributed by atoms with Gasteiger partial charge in [-0.05, 0) is 37.6 Å². The van der Waals surface area contributed by atoms with Crippen molar-refractivity contribution in [3.8, 4) is 0 Å². The summed E-state index contributed by atoms with van der Waals surface area (Å²) in [5.41, 5.74) is 0.666. The molecular weight excluding hydrogens is 260 g/mol. The van der Waals surface area contributed by atoms with Crippen molar-refractivity contribution in [2.24, 2.45) is 5.92 Å². The maximum Gasteiger partial charge on any atom is 0.293 e. The summed E-state index contributed by atoms with van der Waals surface area (Å²) in [7, 11) is 1.49. The van der Waals surface area contributed by atoms with Gasteiger partial charge in [-0.1, -0.05) is 0 Å². The number of rotatable bonds is 5. The average molecular weight is 278 g/mol. The number of nitrogens with zero attached hydrogens (tertiary/aromatic N) is 1. The van der Waals surface area contributed by atoms with Crippen LogP contribution in [0.4, 0.5) is 11.4 Å². The fourth-order valence-electron chi connectivity index (χ4n) is 2.26. The van der Waals surface area contributed by atoms with Crippen molar-refractivity contribution in [2.75, 3.05) is 32.0 Å². The summed E-state index contributed by atoms with van der Waals surface area (Å²) in [5.74, 6) is 0.146. The molecule has 0 aromatic heterocycles. The van der Waals surface area contributed by atoms with E-state index in [1.54, 1.807) is 12.1 Å². The third kappa shape index (κ3) is 3.24. The number of carbonyl (C=O) groups excluding carboxylic acids is 1. The monoisotopic (exact) mass is 278 g/mol. The molecule has 0 radical (unpaired) electrons. The minimum absolute atomic E-state index is 0.0722. The standard InChI is InChI=1S/C13H18N4O3/c1-14-13(18)10-2-3-11(12(6-10)17(19)20)16-8-9-4-5-15-7-9/h2-3,6,9,15-16H,4-5,7-8H2,1H3,(H,14,18). The lowest BCUT2D eigenvalue weighted by atomic mass is 10.1. The second kappa shape index (κ2) is 6.33. The molecule has 108 valence electrons. The largest absolute Gasteiger partial charge is 0.379 e. The first-order chi connectivity index (χ1) is 9.61. The Labute approximate surface area is 116 Å². The predicted molar refractivity (Wildman–Crippen MR) is 76.0 cm³/mol. The summed E-state index contributed by atoms with van der Waals surface area (Å²) in [5, 5.41) is 19.9. The van der Waals surface area contributed by atoms with Crippen LogP contribution >= 0.6 is 0 Å². The summed E-state index contributed by atoms with van der Waals surface area (Å²) in [6, 6.07) is 4.47. The Hall–Kier alpha value is -2.15. The van der Waals surface area contributed by atoms with Crippen LogP contribution in [0.15, 0.2) is 18.2 Å². The first-order valence-electron chi connectivity index (χ1n) is 6.57. The van der Waals surface area contributed by atoms with Gasteiger partial charge < -0.3 is 16.0 Å². The molecular formula is C13H18N4O3. The van der Waals surface area contributed by atoms with Gasteiger partial charge in [-0.15, -0.1) is 0 Å². The number of benzene rings is 1. The second-order valence-corrected chi connectivity index (χ2v) is 4.81. The quantitative estimate of drug-likeness (QED) is 0.551. The van der Waals surface area contributed by atoms with Crippen molar-refractivity contribution in [1.29, 1.82) is 0 Å². The van der Waals surface area contributed by atoms with Crippen LogP contribution in [-0.4, -0.2) is 37.5 Å². The topological polar surface area (TPSA) is 96.3 Å². The van der Waals surface area contributed by atoms with E-state index in [0.717, 1.165) is 19.5 Å². The maximum atomic E-state index is 11.5. The molecule has 0 saturated carbocycles. The zero-order valence-electron chi connectivity index (χ0n) is 11.3. The van der Waals surface area contributed by atoms with Crippen molar-refractivity contribution < 1.29 is 9.72 Å². The van der Waals surface area contributed by atoms with Crippen molar-refractivity contribution >= 4 is 17.3 Å². The predicted octanol–water partition coefficient (Wildman–Crippen LogP) is 0.976. The molecule has 1 fully saturated rings. The molecule has 1 aliphatic heterocycles. The number of anilines is 1. The highest BCUT2D eigenvalue weighted by Gasteiger charge is 2.19. The van der Waals surface area contributed by atoms with Gasteiger partial charge in [-0.2, -0.15) is 0 Å². The van der Waals surface area contributed by atoms with Crippen LogP contribution in [-0.2, 0) is 0 Å². The zero-order valence-corrected chi connectivity index (χ0v) is 11.3. The molecule has 0 bridgehead atoms. The van der Waals surface area contributed by atoms with Crippen molar-refractivity contribution in [3.63, 3.8) is 0 Å². The number of hydrogen-bond donors (Lipinski definition) is 3. The first kappa shape index (κ1) is 14.3. The van der Waals surface area contributed by atoms with E-state index in [1.807, 2.05) is 0 Å². The molecule has 1 aliphatic rings. The number of nitro benzene ring substituents is 1. The molecule has 0 aliphatic carbocycles. The summed E-state index contributed by atoms with van der Waals surface area (Å²) in [4.78, 5) is 22.1. The van der Waals surface area contributed by atoms with E-state index in [1.165, 1.54) is 13.1 Å². The van der Waals surface area contributed by atoms with Crippen LogP contribution in [0.3, 0.4) is 0 Å². The molecule has 1 unspecified atom stereocenters. The highest BCUT2D eigenvalue weighted by atomic mass is 16.6. The van der Waals surface area contributed by atoms with Crippen LogP contribution in [0, 0.1) is 16.0 Å². The van der Waals surface area contributed by atoms with E-state index in [-0.39, 0.29) is 17.2 Å². The first-order valence-corrected chi connectivity index (χ1v) is 6.57. The van der Waals surface area contributed by atoms with E-state index < -0.39 is 4.92 Å². The highest BCUT2D eigenvalue weighted by Crippen LogP contribution is 2.26. The number of nitrogens with one attached hydrogen (secondary N) is 3. The lowest BCUT2D eigenvalue weighted by Gasteiger charge is -2.12. The van der Waals surface area contributed by atoms with E-state index in [2.05, 4.69) is 16.0 Å². The maximum absolute atomic E-state index is 11.5. The highest BCUT2D eigenvalue weighted by molar-refractivity contribution is 5.95. The minimum Gasteiger partial charge on any atom is -0.379 e. The number of nitro groups is 1. The molecule has 7 nitrogen and oxygen atoms in total. The van der Waals surface area contributed by atoms with Crippen LogP contribution in [0.25, 0.3) is 0 Å². The summed E-state index contributed by atoms with van der Waals surface area (Å²) < 4.78 is 0. The smallest absolute Gasteiger partial charge is 0.293 e. The van der Waals surface area contributed by atoms with Gasteiger partial charge in [0.2, 0.25) is 0 Å². The van der Waals surface area contributed by atoms with Crippen molar-refractivity contribution in [2.45, 2.75) is 6.42 Å². The Balaban J connectivity index is 2.14. The third-order valence-corrected chi connectivity index (χ3v) is 3.43. The van der Waals surface area contributed by atoms with Gasteiger partial charge in [0, 0.05) is 25.2 Å². The molecule has 2 rings (SSSR count). The van der Waals surface area contributed by atoms with Gasteiger partial charge in [0.15, 0.2) is 0 Å². The second-order valence-electron chi connectivity index (χ2n) is 4.81. The summed E-state index contributed by atoms with van der Waals surface area (Å²) in [6.45, 7) is 2.61. The number of amides is 1. The number of hydrogen-bond acceptors (Lipinski definition) is 5. The minimum atomic E-state index is -0.471. The van der Waals surface area contributed by atoms with Crippen LogP contribution < -0.4 is 16.0 Å². The molecule has 1 atom stereocenters. The normalized spacial score (nSPS) is 17.8. The summed E-state index contributed by atoms with van der Waals surface area (Å²) >= 11 is 0. The van der Waals surface area contributed by atoms with E-state index in [9.17, 15) is 14.9 Å². The molecule has 3 N–H and O–H groups in total. The SMILES string of the molecule is CNC(=O)c1ccc(NCC2CCNC2)c([N+](=O)[O-])c1. The Bertz CT molecular complexity index is 512. The van der Waals surface area contributed by atoms with E-state index in [4.69, 9.17) is 0 Å². The van der Waals surface area contributed by atoms with Gasteiger partial charge in [0.25, 0.3) is 11.6 Å². The summed E-state index contributed by atoms with van der Waals surface area (Å²) in [6.07, 6.45) is 1.07. The Morgan fingerprint density at radius 3 is 2.95 bits per heavy atom. The average Bonchev–Trinajstić information content (AvgIpc) is 2.97. The molecule has 1 heterocycles. The van der Waals surface area contributed by atoms with Gasteiger partial charge in [0.1, 0.15) is 5.69 Å². The lowest BCUT2D eigenvalue weighted by Crippen LogP contribution is -2.19. The molecule has 7 heteroatoms. The molecule has 1 amide bonds.